The quantitative estimate of drug-likeness (QED) is 0.763. The highest BCUT2D eigenvalue weighted by Crippen LogP contribution is 2.31. The van der Waals surface area contributed by atoms with Crippen molar-refractivity contribution in [2.75, 3.05) is 31.5 Å². The van der Waals surface area contributed by atoms with Gasteiger partial charge < -0.3 is 5.32 Å². The largest absolute Gasteiger partial charge is 0.340 e. The highest BCUT2D eigenvalue weighted by Gasteiger charge is 2.35. The van der Waals surface area contributed by atoms with Crippen LogP contribution in [0, 0.1) is 12.7 Å². The minimum atomic E-state index is -3.44. The van der Waals surface area contributed by atoms with Gasteiger partial charge in [-0.25, -0.2) is 9.37 Å². The number of anilines is 2. The number of hydrogen-bond acceptors (Lipinski definition) is 5. The van der Waals surface area contributed by atoms with Gasteiger partial charge in [-0.15, -0.1) is 0 Å². The van der Waals surface area contributed by atoms with Gasteiger partial charge in [-0.3, -0.25) is 4.98 Å². The maximum Gasteiger partial charge on any atom is 0.281 e. The van der Waals surface area contributed by atoms with E-state index in [1.54, 1.807) is 10.4 Å². The zero-order chi connectivity index (χ0) is 20.3. The summed E-state index contributed by atoms with van der Waals surface area (Å²) in [5.41, 5.74) is 2.47. The topological polar surface area (TPSA) is 78.4 Å². The summed E-state index contributed by atoms with van der Waals surface area (Å²) >= 11 is 0. The molecule has 9 heteroatoms. The molecule has 1 aliphatic heterocycles. The molecule has 152 valence electrons. The lowest BCUT2D eigenvalue weighted by atomic mass is 10.0. The van der Waals surface area contributed by atoms with Crippen LogP contribution in [0.15, 0.2) is 30.5 Å². The number of hydrogen-bond donors (Lipinski definition) is 1. The first kappa shape index (κ1) is 20.6. The number of pyridine rings is 2. The Labute approximate surface area is 165 Å². The summed E-state index contributed by atoms with van der Waals surface area (Å²) in [7, 11) is -3.44. The Morgan fingerprint density at radius 1 is 1.29 bits per heavy atom. The fraction of sp³-hybridized carbons (Fsp3) is 0.474. The SMILES string of the molecule is CCN(CC)S(=O)(=O)N1CC[C@H](c2cc(Nc3ccc(F)cn3)cc(C)n2)C1. The van der Waals surface area contributed by atoms with Gasteiger partial charge in [-0.2, -0.15) is 17.0 Å². The maximum atomic E-state index is 13.0. The summed E-state index contributed by atoms with van der Waals surface area (Å²) in [5.74, 6) is 0.180. The monoisotopic (exact) mass is 407 g/mol. The molecule has 1 atom stereocenters. The molecule has 0 aliphatic carbocycles. The summed E-state index contributed by atoms with van der Waals surface area (Å²) in [6.07, 6.45) is 1.88. The van der Waals surface area contributed by atoms with Crippen LogP contribution in [0.1, 0.15) is 37.6 Å². The van der Waals surface area contributed by atoms with Crippen LogP contribution in [0.5, 0.6) is 0 Å². The molecule has 0 saturated carbocycles. The molecule has 0 spiro atoms. The Kier molecular flexibility index (Phi) is 6.26. The fourth-order valence-electron chi connectivity index (χ4n) is 3.47. The van der Waals surface area contributed by atoms with Gasteiger partial charge in [0.1, 0.15) is 11.6 Å². The molecule has 1 saturated heterocycles. The molecule has 0 unspecified atom stereocenters. The molecule has 0 bridgehead atoms. The van der Waals surface area contributed by atoms with Crippen molar-refractivity contribution in [3.8, 4) is 0 Å². The van der Waals surface area contributed by atoms with E-state index < -0.39 is 16.0 Å². The normalized spacial score (nSPS) is 18.0. The average Bonchev–Trinajstić information content (AvgIpc) is 3.15. The highest BCUT2D eigenvalue weighted by molar-refractivity contribution is 7.86. The standard InChI is InChI=1S/C19H26FN5O2S/c1-4-24(5-2)28(26,27)25-9-8-15(13-25)18-11-17(10-14(3)22-18)23-19-7-6-16(20)12-21-19/h6-7,10-12,15H,4-5,8-9,13H2,1-3H3,(H,21,22,23)/t15-/m0/s1. The summed E-state index contributed by atoms with van der Waals surface area (Å²) < 4.78 is 41.6. The van der Waals surface area contributed by atoms with Crippen molar-refractivity contribution < 1.29 is 12.8 Å². The number of rotatable bonds is 7. The molecule has 1 N–H and O–H groups in total. The van der Waals surface area contributed by atoms with Gasteiger partial charge in [0.25, 0.3) is 10.2 Å². The van der Waals surface area contributed by atoms with Crippen molar-refractivity contribution in [2.45, 2.75) is 33.1 Å². The van der Waals surface area contributed by atoms with Crippen molar-refractivity contribution >= 4 is 21.7 Å². The van der Waals surface area contributed by atoms with E-state index in [0.717, 1.165) is 29.7 Å². The van der Waals surface area contributed by atoms with Crippen molar-refractivity contribution in [1.29, 1.82) is 0 Å². The molecule has 2 aromatic rings. The Balaban J connectivity index is 1.77. The van der Waals surface area contributed by atoms with Gasteiger partial charge >= 0.3 is 0 Å². The maximum absolute atomic E-state index is 13.0. The second-order valence-electron chi connectivity index (χ2n) is 6.84. The molecule has 3 heterocycles. The van der Waals surface area contributed by atoms with Crippen LogP contribution in [-0.4, -0.2) is 53.2 Å². The lowest BCUT2D eigenvalue weighted by molar-refractivity contribution is 0.377. The summed E-state index contributed by atoms with van der Waals surface area (Å²) in [5, 5.41) is 3.16. The second kappa shape index (κ2) is 8.50. The Bertz CT molecular complexity index is 916. The fourth-order valence-corrected chi connectivity index (χ4v) is 5.15. The summed E-state index contributed by atoms with van der Waals surface area (Å²) in [6, 6.07) is 6.71. The first-order valence-electron chi connectivity index (χ1n) is 9.45. The predicted octanol–water partition coefficient (Wildman–Crippen LogP) is 3.04. The third-order valence-electron chi connectivity index (χ3n) is 4.90. The molecule has 7 nitrogen and oxygen atoms in total. The van der Waals surface area contributed by atoms with E-state index in [9.17, 15) is 12.8 Å². The minimum Gasteiger partial charge on any atom is -0.340 e. The van der Waals surface area contributed by atoms with Crippen molar-refractivity contribution in [3.05, 3.63) is 47.7 Å². The Morgan fingerprint density at radius 2 is 2.04 bits per heavy atom. The van der Waals surface area contributed by atoms with Crippen LogP contribution in [0.25, 0.3) is 0 Å². The van der Waals surface area contributed by atoms with Crippen molar-refractivity contribution in [2.24, 2.45) is 0 Å². The van der Waals surface area contributed by atoms with Gasteiger partial charge in [0.05, 0.1) is 6.20 Å². The Morgan fingerprint density at radius 3 is 2.68 bits per heavy atom. The molecule has 2 aromatic heterocycles. The third-order valence-corrected chi connectivity index (χ3v) is 7.05. The number of nitrogens with zero attached hydrogens (tertiary/aromatic N) is 4. The number of aromatic nitrogens is 2. The molecular formula is C19H26FN5O2S. The zero-order valence-corrected chi connectivity index (χ0v) is 17.2. The molecular weight excluding hydrogens is 381 g/mol. The van der Waals surface area contributed by atoms with E-state index in [-0.39, 0.29) is 5.92 Å². The summed E-state index contributed by atoms with van der Waals surface area (Å²) in [6.45, 7) is 7.41. The van der Waals surface area contributed by atoms with Gasteiger partial charge in [0, 0.05) is 49.2 Å². The van der Waals surface area contributed by atoms with Crippen molar-refractivity contribution in [1.82, 2.24) is 18.6 Å². The lowest BCUT2D eigenvalue weighted by Crippen LogP contribution is -2.42. The van der Waals surface area contributed by atoms with E-state index in [1.165, 1.54) is 10.4 Å². The molecule has 0 aromatic carbocycles. The van der Waals surface area contributed by atoms with Crippen LogP contribution in [0.4, 0.5) is 15.9 Å². The highest BCUT2D eigenvalue weighted by atomic mass is 32.2. The van der Waals surface area contributed by atoms with E-state index >= 15 is 0 Å². The minimum absolute atomic E-state index is 0.0342. The number of aryl methyl sites for hydroxylation is 1. The smallest absolute Gasteiger partial charge is 0.281 e. The molecule has 1 aliphatic rings. The van der Waals surface area contributed by atoms with Crippen LogP contribution in [0.3, 0.4) is 0 Å². The van der Waals surface area contributed by atoms with Gasteiger partial charge in [-0.05, 0) is 37.6 Å². The number of halogens is 1. The van der Waals surface area contributed by atoms with E-state index in [2.05, 4.69) is 15.3 Å². The molecule has 0 amide bonds. The molecule has 0 radical (unpaired) electrons. The summed E-state index contributed by atoms with van der Waals surface area (Å²) in [4.78, 5) is 8.63. The first-order valence-corrected chi connectivity index (χ1v) is 10.9. The van der Waals surface area contributed by atoms with Crippen LogP contribution in [0.2, 0.25) is 0 Å². The van der Waals surface area contributed by atoms with Gasteiger partial charge in [-0.1, -0.05) is 13.8 Å². The van der Waals surface area contributed by atoms with E-state index in [4.69, 9.17) is 0 Å². The van der Waals surface area contributed by atoms with Crippen LogP contribution in [-0.2, 0) is 10.2 Å². The average molecular weight is 408 g/mol. The molecule has 1 fully saturated rings. The lowest BCUT2D eigenvalue weighted by Gasteiger charge is -2.25. The van der Waals surface area contributed by atoms with Gasteiger partial charge in [0.2, 0.25) is 0 Å². The number of nitrogens with one attached hydrogen (secondary N) is 1. The third kappa shape index (κ3) is 4.48. The van der Waals surface area contributed by atoms with Crippen LogP contribution >= 0.6 is 0 Å². The van der Waals surface area contributed by atoms with Crippen LogP contribution < -0.4 is 5.32 Å². The molecule has 28 heavy (non-hydrogen) atoms. The Hall–Kier alpha value is -2.10. The zero-order valence-electron chi connectivity index (χ0n) is 16.4. The predicted molar refractivity (Wildman–Crippen MR) is 107 cm³/mol. The molecule has 3 rings (SSSR count). The second-order valence-corrected chi connectivity index (χ2v) is 8.77. The first-order chi connectivity index (χ1) is 13.3. The van der Waals surface area contributed by atoms with E-state index in [1.807, 2.05) is 32.9 Å². The van der Waals surface area contributed by atoms with Crippen molar-refractivity contribution in [3.63, 3.8) is 0 Å². The van der Waals surface area contributed by atoms with E-state index in [0.29, 0.717) is 32.0 Å². The van der Waals surface area contributed by atoms with Gasteiger partial charge in [0.15, 0.2) is 0 Å².